The minimum atomic E-state index is -0.0291. The summed E-state index contributed by atoms with van der Waals surface area (Å²) in [5, 5.41) is 3.05. The Hall–Kier alpha value is -2.82. The van der Waals surface area contributed by atoms with E-state index in [1.165, 1.54) is 5.56 Å². The van der Waals surface area contributed by atoms with Gasteiger partial charge >= 0.3 is 6.03 Å². The standard InChI is InChI=1S/C22H26N4O/c1-15(2)21-24-19-11-10-18(13-20(19)25-21)23-22(27)26-12-6-9-17(14-26)16-7-4-3-5-8-16/h3-5,7-8,10-11,13,15,17H,6,9,12,14H2,1-2H3,(H,23,27)(H,24,25)/t17-/m0/s1. The van der Waals surface area contributed by atoms with Gasteiger partial charge in [0.2, 0.25) is 0 Å². The lowest BCUT2D eigenvalue weighted by Crippen LogP contribution is -2.41. The summed E-state index contributed by atoms with van der Waals surface area (Å²) in [6, 6.07) is 16.3. The van der Waals surface area contributed by atoms with Gasteiger partial charge in [0.1, 0.15) is 5.82 Å². The number of anilines is 1. The SMILES string of the molecule is CC(C)c1nc2ccc(NC(=O)N3CCC[C@H](c4ccccc4)C3)cc2[nH]1. The number of nitrogens with zero attached hydrogens (tertiary/aromatic N) is 2. The van der Waals surface area contributed by atoms with Crippen LogP contribution in [0.3, 0.4) is 0 Å². The first kappa shape index (κ1) is 17.6. The van der Waals surface area contributed by atoms with E-state index < -0.39 is 0 Å². The van der Waals surface area contributed by atoms with Crippen molar-refractivity contribution in [3.63, 3.8) is 0 Å². The van der Waals surface area contributed by atoms with E-state index in [0.717, 1.165) is 48.5 Å². The molecule has 4 rings (SSSR count). The van der Waals surface area contributed by atoms with E-state index in [9.17, 15) is 4.79 Å². The number of fused-ring (bicyclic) bond motifs is 1. The molecule has 0 saturated carbocycles. The third kappa shape index (κ3) is 3.82. The molecule has 0 radical (unpaired) electrons. The molecule has 2 heterocycles. The fourth-order valence-corrected chi connectivity index (χ4v) is 3.74. The molecule has 0 bridgehead atoms. The lowest BCUT2D eigenvalue weighted by Gasteiger charge is -2.33. The van der Waals surface area contributed by atoms with E-state index in [1.807, 2.05) is 29.2 Å². The molecule has 0 spiro atoms. The average molecular weight is 362 g/mol. The van der Waals surface area contributed by atoms with Gasteiger partial charge < -0.3 is 15.2 Å². The summed E-state index contributed by atoms with van der Waals surface area (Å²) >= 11 is 0. The number of imidazole rings is 1. The van der Waals surface area contributed by atoms with Crippen molar-refractivity contribution in [2.75, 3.05) is 18.4 Å². The second-order valence-electron chi connectivity index (χ2n) is 7.63. The van der Waals surface area contributed by atoms with Gasteiger partial charge in [0.25, 0.3) is 0 Å². The number of amides is 2. The molecule has 1 aliphatic rings. The first-order valence-corrected chi connectivity index (χ1v) is 9.70. The molecule has 2 amide bonds. The zero-order valence-electron chi connectivity index (χ0n) is 15.9. The number of benzene rings is 2. The smallest absolute Gasteiger partial charge is 0.321 e. The molecule has 2 N–H and O–H groups in total. The fraction of sp³-hybridized carbons (Fsp3) is 0.364. The van der Waals surface area contributed by atoms with Crippen LogP contribution in [0, 0.1) is 0 Å². The Morgan fingerprint density at radius 2 is 2.04 bits per heavy atom. The number of carbonyl (C=O) groups is 1. The van der Waals surface area contributed by atoms with Crippen molar-refractivity contribution in [2.24, 2.45) is 0 Å². The second-order valence-corrected chi connectivity index (χ2v) is 7.63. The Balaban J connectivity index is 1.46. The predicted molar refractivity (Wildman–Crippen MR) is 109 cm³/mol. The fourth-order valence-electron chi connectivity index (χ4n) is 3.74. The first-order valence-electron chi connectivity index (χ1n) is 9.70. The average Bonchev–Trinajstić information content (AvgIpc) is 3.12. The quantitative estimate of drug-likeness (QED) is 0.681. The van der Waals surface area contributed by atoms with Gasteiger partial charge in [0, 0.05) is 30.6 Å². The predicted octanol–water partition coefficient (Wildman–Crippen LogP) is 5.10. The monoisotopic (exact) mass is 362 g/mol. The number of aromatic nitrogens is 2. The Bertz CT molecular complexity index is 932. The number of hydrogen-bond acceptors (Lipinski definition) is 2. The van der Waals surface area contributed by atoms with Crippen molar-refractivity contribution in [1.82, 2.24) is 14.9 Å². The molecule has 2 aromatic carbocycles. The number of carbonyl (C=O) groups excluding carboxylic acids is 1. The number of aromatic amines is 1. The Kier molecular flexibility index (Phi) is 4.84. The van der Waals surface area contributed by atoms with Crippen LogP contribution < -0.4 is 5.32 Å². The highest BCUT2D eigenvalue weighted by Crippen LogP contribution is 2.27. The molecular weight excluding hydrogens is 336 g/mol. The van der Waals surface area contributed by atoms with E-state index in [1.54, 1.807) is 0 Å². The molecule has 1 aromatic heterocycles. The van der Waals surface area contributed by atoms with Crippen molar-refractivity contribution in [2.45, 2.75) is 38.5 Å². The van der Waals surface area contributed by atoms with Crippen LogP contribution in [0.15, 0.2) is 48.5 Å². The minimum Gasteiger partial charge on any atom is -0.342 e. The summed E-state index contributed by atoms with van der Waals surface area (Å²) < 4.78 is 0. The summed E-state index contributed by atoms with van der Waals surface area (Å²) in [5.74, 6) is 1.73. The van der Waals surface area contributed by atoms with Crippen molar-refractivity contribution in [1.29, 1.82) is 0 Å². The summed E-state index contributed by atoms with van der Waals surface area (Å²) in [5.41, 5.74) is 4.00. The molecule has 0 aliphatic carbocycles. The minimum absolute atomic E-state index is 0.0291. The number of urea groups is 1. The first-order chi connectivity index (χ1) is 13.1. The largest absolute Gasteiger partial charge is 0.342 e. The lowest BCUT2D eigenvalue weighted by molar-refractivity contribution is 0.193. The molecule has 1 fully saturated rings. The zero-order valence-corrected chi connectivity index (χ0v) is 15.9. The van der Waals surface area contributed by atoms with Gasteiger partial charge in [-0.2, -0.15) is 0 Å². The van der Waals surface area contributed by atoms with E-state index in [2.05, 4.69) is 53.4 Å². The maximum atomic E-state index is 12.8. The van der Waals surface area contributed by atoms with Crippen LogP contribution in [0.5, 0.6) is 0 Å². The Labute approximate surface area is 159 Å². The van der Waals surface area contributed by atoms with Gasteiger partial charge in [0.15, 0.2) is 0 Å². The van der Waals surface area contributed by atoms with Crippen molar-refractivity contribution >= 4 is 22.8 Å². The number of nitrogens with one attached hydrogen (secondary N) is 2. The van der Waals surface area contributed by atoms with Crippen LogP contribution in [-0.4, -0.2) is 34.0 Å². The molecule has 1 saturated heterocycles. The van der Waals surface area contributed by atoms with Gasteiger partial charge in [-0.25, -0.2) is 9.78 Å². The van der Waals surface area contributed by atoms with Crippen LogP contribution >= 0.6 is 0 Å². The molecule has 0 unspecified atom stereocenters. The summed E-state index contributed by atoms with van der Waals surface area (Å²) in [6.45, 7) is 5.79. The molecular formula is C22H26N4O. The number of hydrogen-bond donors (Lipinski definition) is 2. The summed E-state index contributed by atoms with van der Waals surface area (Å²) in [4.78, 5) is 22.6. The number of rotatable bonds is 3. The highest BCUT2D eigenvalue weighted by Gasteiger charge is 2.24. The summed E-state index contributed by atoms with van der Waals surface area (Å²) in [6.07, 6.45) is 2.16. The highest BCUT2D eigenvalue weighted by atomic mass is 16.2. The topological polar surface area (TPSA) is 61.0 Å². The molecule has 1 atom stereocenters. The van der Waals surface area contributed by atoms with Crippen LogP contribution in [0.2, 0.25) is 0 Å². The maximum Gasteiger partial charge on any atom is 0.321 e. The van der Waals surface area contributed by atoms with Crippen molar-refractivity contribution in [3.8, 4) is 0 Å². The molecule has 140 valence electrons. The van der Waals surface area contributed by atoms with Gasteiger partial charge in [-0.3, -0.25) is 0 Å². The highest BCUT2D eigenvalue weighted by molar-refractivity contribution is 5.92. The Morgan fingerprint density at radius 3 is 2.81 bits per heavy atom. The molecule has 5 heteroatoms. The molecule has 5 nitrogen and oxygen atoms in total. The normalized spacial score (nSPS) is 17.4. The molecule has 3 aromatic rings. The summed E-state index contributed by atoms with van der Waals surface area (Å²) in [7, 11) is 0. The molecule has 1 aliphatic heterocycles. The third-order valence-electron chi connectivity index (χ3n) is 5.28. The van der Waals surface area contributed by atoms with Gasteiger partial charge in [-0.1, -0.05) is 44.2 Å². The van der Waals surface area contributed by atoms with E-state index in [4.69, 9.17) is 0 Å². The zero-order chi connectivity index (χ0) is 18.8. The van der Waals surface area contributed by atoms with E-state index in [-0.39, 0.29) is 6.03 Å². The van der Waals surface area contributed by atoms with Gasteiger partial charge in [-0.05, 0) is 36.6 Å². The number of H-pyrrole nitrogens is 1. The van der Waals surface area contributed by atoms with E-state index in [0.29, 0.717) is 11.8 Å². The Morgan fingerprint density at radius 1 is 1.22 bits per heavy atom. The lowest BCUT2D eigenvalue weighted by atomic mass is 9.91. The van der Waals surface area contributed by atoms with Gasteiger partial charge in [-0.15, -0.1) is 0 Å². The second kappa shape index (κ2) is 7.43. The van der Waals surface area contributed by atoms with Crippen LogP contribution in [-0.2, 0) is 0 Å². The van der Waals surface area contributed by atoms with Gasteiger partial charge in [0.05, 0.1) is 11.0 Å². The van der Waals surface area contributed by atoms with Crippen LogP contribution in [0.1, 0.15) is 49.9 Å². The maximum absolute atomic E-state index is 12.8. The van der Waals surface area contributed by atoms with Crippen LogP contribution in [0.4, 0.5) is 10.5 Å². The van der Waals surface area contributed by atoms with Crippen molar-refractivity contribution < 1.29 is 4.79 Å². The molecule has 27 heavy (non-hydrogen) atoms. The van der Waals surface area contributed by atoms with Crippen LogP contribution in [0.25, 0.3) is 11.0 Å². The number of likely N-dealkylation sites (tertiary alicyclic amines) is 1. The number of piperidine rings is 1. The third-order valence-corrected chi connectivity index (χ3v) is 5.28. The van der Waals surface area contributed by atoms with E-state index >= 15 is 0 Å². The van der Waals surface area contributed by atoms with Crippen molar-refractivity contribution in [3.05, 3.63) is 59.9 Å².